The van der Waals surface area contributed by atoms with Crippen molar-refractivity contribution in [1.29, 1.82) is 0 Å². The molecule has 3 heterocycles. The lowest BCUT2D eigenvalue weighted by molar-refractivity contribution is -0.137. The first-order valence-corrected chi connectivity index (χ1v) is 11.4. The van der Waals surface area contributed by atoms with Gasteiger partial charge in [-0.3, -0.25) is 4.79 Å². The Balaban J connectivity index is 1.56. The number of carbonyl (C=O) groups is 1. The van der Waals surface area contributed by atoms with Gasteiger partial charge < -0.3 is 20.7 Å². The van der Waals surface area contributed by atoms with Crippen LogP contribution < -0.4 is 11.1 Å². The second kappa shape index (κ2) is 9.59. The number of nitrogens with one attached hydrogen (secondary N) is 1. The molecule has 1 aliphatic heterocycles. The monoisotopic (exact) mass is 491 g/mol. The number of hydrogen-bond donors (Lipinski definition) is 2. The van der Waals surface area contributed by atoms with E-state index in [1.807, 2.05) is 12.1 Å². The van der Waals surface area contributed by atoms with Gasteiger partial charge in [0.1, 0.15) is 23.6 Å². The number of rotatable bonds is 6. The molecule has 0 fully saturated rings. The van der Waals surface area contributed by atoms with Gasteiger partial charge in [-0.15, -0.1) is 11.3 Å². The molecule has 0 saturated carbocycles. The minimum absolute atomic E-state index is 0.0456. The number of methoxy groups -OCH3 is 1. The summed E-state index contributed by atoms with van der Waals surface area (Å²) in [6.45, 7) is 2.93. The summed E-state index contributed by atoms with van der Waals surface area (Å²) in [5, 5.41) is 3.99. The predicted molar refractivity (Wildman–Crippen MR) is 126 cm³/mol. The number of fused-ring (bicyclic) bond motifs is 1. The third-order valence-electron chi connectivity index (χ3n) is 5.63. The van der Waals surface area contributed by atoms with Crippen molar-refractivity contribution in [3.8, 4) is 0 Å². The lowest BCUT2D eigenvalue weighted by Gasteiger charge is -2.25. The molecule has 2 aromatic heterocycles. The lowest BCUT2D eigenvalue weighted by Crippen LogP contribution is -2.36. The van der Waals surface area contributed by atoms with E-state index in [9.17, 15) is 18.0 Å². The number of hydrogen-bond acceptors (Lipinski definition) is 7. The number of nitrogens with two attached hydrogens (primary N) is 1. The molecular weight excluding hydrogens is 467 g/mol. The number of ether oxygens (including phenoxy) is 1. The molecule has 3 aromatic rings. The minimum atomic E-state index is -4.48. The molecule has 7 nitrogen and oxygen atoms in total. The zero-order valence-electron chi connectivity index (χ0n) is 18.6. The van der Waals surface area contributed by atoms with Crippen LogP contribution in [0.4, 0.5) is 24.7 Å². The fraction of sp³-hybridized carbons (Fsp3) is 0.348. The summed E-state index contributed by atoms with van der Waals surface area (Å²) in [6.07, 6.45) is -0.320. The smallest absolute Gasteiger partial charge is 0.399 e. The Labute approximate surface area is 198 Å². The number of amides is 1. The summed E-state index contributed by atoms with van der Waals surface area (Å²) in [7, 11) is 1.50. The Bertz CT molecular complexity index is 1240. The summed E-state index contributed by atoms with van der Waals surface area (Å²) in [4.78, 5) is 24.2. The zero-order chi connectivity index (χ0) is 24.5. The normalized spacial score (nSPS) is 15.3. The van der Waals surface area contributed by atoms with Crippen molar-refractivity contribution in [2.75, 3.05) is 37.9 Å². The van der Waals surface area contributed by atoms with Crippen molar-refractivity contribution >= 4 is 44.5 Å². The molecule has 0 unspecified atom stereocenters. The first-order valence-electron chi connectivity index (χ1n) is 10.6. The van der Waals surface area contributed by atoms with E-state index in [4.69, 9.17) is 10.5 Å². The number of halogens is 3. The molecule has 3 N–H and O–H groups in total. The number of aromatic nitrogens is 2. The third-order valence-corrected chi connectivity index (χ3v) is 6.75. The van der Waals surface area contributed by atoms with E-state index in [0.29, 0.717) is 30.9 Å². The molecule has 0 radical (unpaired) electrons. The maximum absolute atomic E-state index is 13.2. The molecule has 34 heavy (non-hydrogen) atoms. The lowest BCUT2D eigenvalue weighted by atomic mass is 10.0. The van der Waals surface area contributed by atoms with Crippen molar-refractivity contribution < 1.29 is 22.7 Å². The number of nitrogens with zero attached hydrogens (tertiary/aromatic N) is 3. The van der Waals surface area contributed by atoms with E-state index >= 15 is 0 Å². The van der Waals surface area contributed by atoms with E-state index in [2.05, 4.69) is 15.3 Å². The van der Waals surface area contributed by atoms with E-state index in [-0.39, 0.29) is 18.2 Å². The summed E-state index contributed by atoms with van der Waals surface area (Å²) in [5.41, 5.74) is 6.51. The van der Waals surface area contributed by atoms with Crippen molar-refractivity contribution in [2.24, 2.45) is 0 Å². The number of thiophene rings is 1. The van der Waals surface area contributed by atoms with Gasteiger partial charge >= 0.3 is 6.18 Å². The van der Waals surface area contributed by atoms with Crippen LogP contribution in [0.2, 0.25) is 0 Å². The van der Waals surface area contributed by atoms with Gasteiger partial charge in [-0.1, -0.05) is 6.08 Å². The second-order valence-corrected chi connectivity index (χ2v) is 9.09. The predicted octanol–water partition coefficient (Wildman–Crippen LogP) is 4.73. The van der Waals surface area contributed by atoms with Crippen LogP contribution >= 0.6 is 11.3 Å². The van der Waals surface area contributed by atoms with E-state index in [0.717, 1.165) is 32.8 Å². The Morgan fingerprint density at radius 2 is 2.09 bits per heavy atom. The van der Waals surface area contributed by atoms with Crippen LogP contribution in [0.5, 0.6) is 0 Å². The van der Waals surface area contributed by atoms with Gasteiger partial charge in [-0.05, 0) is 48.7 Å². The summed E-state index contributed by atoms with van der Waals surface area (Å²) >= 11 is 1.51. The van der Waals surface area contributed by atoms with E-state index in [1.54, 1.807) is 11.8 Å². The summed E-state index contributed by atoms with van der Waals surface area (Å²) in [5.74, 6) is 0.486. The first-order chi connectivity index (χ1) is 16.2. The molecule has 1 aliphatic rings. The van der Waals surface area contributed by atoms with Gasteiger partial charge in [0.15, 0.2) is 0 Å². The number of benzene rings is 1. The fourth-order valence-electron chi connectivity index (χ4n) is 3.84. The maximum atomic E-state index is 13.2. The molecule has 11 heteroatoms. The largest absolute Gasteiger partial charge is 0.416 e. The van der Waals surface area contributed by atoms with E-state index < -0.39 is 17.8 Å². The minimum Gasteiger partial charge on any atom is -0.399 e. The maximum Gasteiger partial charge on any atom is 0.416 e. The topological polar surface area (TPSA) is 93.4 Å². The molecule has 4 rings (SSSR count). The van der Waals surface area contributed by atoms with Gasteiger partial charge in [0, 0.05) is 30.8 Å². The Kier molecular flexibility index (Phi) is 6.76. The highest BCUT2D eigenvalue weighted by molar-refractivity contribution is 7.19. The number of alkyl halides is 3. The quantitative estimate of drug-likeness (QED) is 0.485. The zero-order valence-corrected chi connectivity index (χ0v) is 19.5. The van der Waals surface area contributed by atoms with Crippen LogP contribution in [0.15, 0.2) is 36.7 Å². The van der Waals surface area contributed by atoms with Crippen molar-refractivity contribution in [2.45, 2.75) is 25.6 Å². The standard InChI is InChI=1S/C23H24F3N5O2S/c1-13(15-7-16(23(24,25)26)9-17(27)8-15)30-21-18-10-19(34-22(18)29-12-28-21)14-3-5-31(6-4-14)20(32)11-33-2/h3,7-10,12-13H,4-6,11,27H2,1-2H3,(H,28,29,30)/t13-/m1/s1. The number of carbonyl (C=O) groups excluding carboxylic acids is 1. The van der Waals surface area contributed by atoms with Gasteiger partial charge in [0.05, 0.1) is 17.0 Å². The Hall–Kier alpha value is -3.18. The van der Waals surface area contributed by atoms with Crippen molar-refractivity contribution in [1.82, 2.24) is 14.9 Å². The van der Waals surface area contributed by atoms with Crippen LogP contribution in [-0.2, 0) is 15.7 Å². The summed E-state index contributed by atoms with van der Waals surface area (Å²) < 4.78 is 44.5. The van der Waals surface area contributed by atoms with Crippen molar-refractivity contribution in [3.05, 3.63) is 52.7 Å². The SMILES string of the molecule is COCC(=O)N1CC=C(c2cc3c(N[C@H](C)c4cc(N)cc(C(F)(F)F)c4)ncnc3s2)CC1. The summed E-state index contributed by atoms with van der Waals surface area (Å²) in [6, 6.07) is 5.04. The third kappa shape index (κ3) is 5.15. The fourth-order valence-corrected chi connectivity index (χ4v) is 4.91. The van der Waals surface area contributed by atoms with Crippen LogP contribution in [-0.4, -0.2) is 47.6 Å². The molecule has 1 aromatic carbocycles. The van der Waals surface area contributed by atoms with Gasteiger partial charge in [-0.25, -0.2) is 9.97 Å². The molecule has 1 atom stereocenters. The molecule has 0 spiro atoms. The average molecular weight is 492 g/mol. The Morgan fingerprint density at radius 3 is 2.76 bits per heavy atom. The number of anilines is 2. The second-order valence-electron chi connectivity index (χ2n) is 8.06. The molecule has 0 bridgehead atoms. The number of nitrogen functional groups attached to an aromatic ring is 1. The van der Waals surface area contributed by atoms with Crippen molar-refractivity contribution in [3.63, 3.8) is 0 Å². The molecule has 0 saturated heterocycles. The van der Waals surface area contributed by atoms with Crippen LogP contribution in [0, 0.1) is 0 Å². The van der Waals surface area contributed by atoms with Crippen LogP contribution in [0.25, 0.3) is 15.8 Å². The van der Waals surface area contributed by atoms with Gasteiger partial charge in [0.25, 0.3) is 0 Å². The average Bonchev–Trinajstić information content (AvgIpc) is 3.24. The molecular formula is C23H24F3N5O2S. The van der Waals surface area contributed by atoms with E-state index in [1.165, 1.54) is 30.8 Å². The van der Waals surface area contributed by atoms with Crippen LogP contribution in [0.3, 0.4) is 0 Å². The molecule has 1 amide bonds. The highest BCUT2D eigenvalue weighted by Crippen LogP contribution is 2.37. The van der Waals surface area contributed by atoms with Gasteiger partial charge in [-0.2, -0.15) is 13.2 Å². The molecule has 0 aliphatic carbocycles. The van der Waals surface area contributed by atoms with Gasteiger partial charge in [0.2, 0.25) is 5.91 Å². The first kappa shape index (κ1) is 24.0. The highest BCUT2D eigenvalue weighted by atomic mass is 32.1. The van der Waals surface area contributed by atoms with Crippen LogP contribution in [0.1, 0.15) is 35.4 Å². The molecule has 180 valence electrons. The Morgan fingerprint density at radius 1 is 1.29 bits per heavy atom. The highest BCUT2D eigenvalue weighted by Gasteiger charge is 2.31.